The zero-order valence-electron chi connectivity index (χ0n) is 15.3. The van der Waals surface area contributed by atoms with Gasteiger partial charge in [-0.1, -0.05) is 29.3 Å². The van der Waals surface area contributed by atoms with Gasteiger partial charge in [0.25, 0.3) is 10.0 Å². The van der Waals surface area contributed by atoms with Crippen molar-refractivity contribution in [3.8, 4) is 11.5 Å². The average Bonchev–Trinajstić information content (AvgIpc) is 3.02. The lowest BCUT2D eigenvalue weighted by atomic mass is 10.2. The fraction of sp³-hybridized carbons (Fsp3) is 0.167. The van der Waals surface area contributed by atoms with E-state index in [0.717, 1.165) is 5.56 Å². The van der Waals surface area contributed by atoms with Crippen LogP contribution in [-0.4, -0.2) is 32.4 Å². The third kappa shape index (κ3) is 4.98. The van der Waals surface area contributed by atoms with Gasteiger partial charge in [-0.05, 0) is 45.8 Å². The smallest absolute Gasteiger partial charge is 0.266 e. The molecule has 0 aliphatic heterocycles. The van der Waals surface area contributed by atoms with Gasteiger partial charge in [0.1, 0.15) is 16.4 Å². The number of hydrogen-bond acceptors (Lipinski definition) is 5. The molecule has 29 heavy (non-hydrogen) atoms. The van der Waals surface area contributed by atoms with Crippen molar-refractivity contribution >= 4 is 55.0 Å². The van der Waals surface area contributed by atoms with Crippen LogP contribution in [0.1, 0.15) is 5.56 Å². The van der Waals surface area contributed by atoms with Crippen molar-refractivity contribution in [2.24, 2.45) is 0 Å². The number of anilines is 1. The minimum absolute atomic E-state index is 0.0646. The number of sulfonamides is 1. The molecular formula is C18H16BrCl2N3O4S. The number of rotatable bonds is 7. The second-order valence-corrected chi connectivity index (χ2v) is 9.21. The van der Waals surface area contributed by atoms with Crippen molar-refractivity contribution in [1.82, 2.24) is 9.78 Å². The Hall–Kier alpha value is -1.94. The molecule has 0 amide bonds. The maximum Gasteiger partial charge on any atom is 0.266 e. The van der Waals surface area contributed by atoms with Gasteiger partial charge in [0.15, 0.2) is 5.82 Å². The molecule has 0 unspecified atom stereocenters. The minimum atomic E-state index is -3.98. The van der Waals surface area contributed by atoms with Crippen LogP contribution in [0.4, 0.5) is 5.82 Å². The van der Waals surface area contributed by atoms with Gasteiger partial charge in [-0.2, -0.15) is 5.10 Å². The summed E-state index contributed by atoms with van der Waals surface area (Å²) in [6.45, 7) is 0.375. The molecule has 0 radical (unpaired) electrons. The van der Waals surface area contributed by atoms with Gasteiger partial charge in [-0.3, -0.25) is 9.40 Å². The standard InChI is InChI=1S/C18H16BrCl2N3O4S/c1-27-12-4-6-16(28-2)17(8-12)29(25,26)23-18-13(19)10-24(22-18)9-11-3-5-14(20)15(21)7-11/h3-8,10H,9H2,1-2H3,(H,22,23). The largest absolute Gasteiger partial charge is 0.497 e. The lowest BCUT2D eigenvalue weighted by molar-refractivity contribution is 0.392. The summed E-state index contributed by atoms with van der Waals surface area (Å²) >= 11 is 15.3. The van der Waals surface area contributed by atoms with Crippen molar-refractivity contribution in [2.45, 2.75) is 11.4 Å². The number of hydrogen-bond donors (Lipinski definition) is 1. The van der Waals surface area contributed by atoms with Crippen molar-refractivity contribution in [3.05, 3.63) is 62.7 Å². The minimum Gasteiger partial charge on any atom is -0.497 e. The fourth-order valence-corrected chi connectivity index (χ4v) is 4.62. The number of aromatic nitrogens is 2. The van der Waals surface area contributed by atoms with E-state index in [4.69, 9.17) is 32.7 Å². The number of methoxy groups -OCH3 is 2. The van der Waals surface area contributed by atoms with E-state index in [1.807, 2.05) is 6.07 Å². The topological polar surface area (TPSA) is 82.4 Å². The lowest BCUT2D eigenvalue weighted by Gasteiger charge is -2.12. The first-order valence-electron chi connectivity index (χ1n) is 8.15. The first-order valence-corrected chi connectivity index (χ1v) is 11.2. The summed E-state index contributed by atoms with van der Waals surface area (Å²) in [5, 5.41) is 5.19. The third-order valence-corrected chi connectivity index (χ3v) is 6.62. The molecule has 3 rings (SSSR count). The van der Waals surface area contributed by atoms with Crippen molar-refractivity contribution in [3.63, 3.8) is 0 Å². The Balaban J connectivity index is 1.88. The first-order chi connectivity index (χ1) is 13.7. The highest BCUT2D eigenvalue weighted by Gasteiger charge is 2.23. The van der Waals surface area contributed by atoms with Gasteiger partial charge in [-0.25, -0.2) is 8.42 Å². The van der Waals surface area contributed by atoms with Crippen molar-refractivity contribution in [2.75, 3.05) is 18.9 Å². The number of benzene rings is 2. The van der Waals surface area contributed by atoms with Crippen LogP contribution >= 0.6 is 39.1 Å². The van der Waals surface area contributed by atoms with E-state index in [-0.39, 0.29) is 16.5 Å². The molecule has 0 aliphatic carbocycles. The predicted octanol–water partition coefficient (Wildman–Crippen LogP) is 4.82. The van der Waals surface area contributed by atoms with Crippen LogP contribution in [0, 0.1) is 0 Å². The highest BCUT2D eigenvalue weighted by molar-refractivity contribution is 9.10. The Labute approximate surface area is 186 Å². The number of ether oxygens (including phenoxy) is 2. The Morgan fingerprint density at radius 2 is 1.86 bits per heavy atom. The van der Waals surface area contributed by atoms with Gasteiger partial charge in [-0.15, -0.1) is 0 Å². The maximum atomic E-state index is 12.9. The van der Waals surface area contributed by atoms with E-state index in [2.05, 4.69) is 25.8 Å². The van der Waals surface area contributed by atoms with Crippen LogP contribution in [0.5, 0.6) is 11.5 Å². The SMILES string of the molecule is COc1ccc(OC)c(S(=O)(=O)Nc2nn(Cc3ccc(Cl)c(Cl)c3)cc2Br)c1. The van der Waals surface area contributed by atoms with Gasteiger partial charge in [0, 0.05) is 12.3 Å². The Morgan fingerprint density at radius 3 is 2.52 bits per heavy atom. The summed E-state index contributed by atoms with van der Waals surface area (Å²) in [6.07, 6.45) is 1.66. The fourth-order valence-electron chi connectivity index (χ4n) is 2.55. The summed E-state index contributed by atoms with van der Waals surface area (Å²) < 4.78 is 40.6. The second kappa shape index (κ2) is 8.83. The molecule has 1 N–H and O–H groups in total. The van der Waals surface area contributed by atoms with E-state index in [1.165, 1.54) is 26.4 Å². The summed E-state index contributed by atoms with van der Waals surface area (Å²) in [6, 6.07) is 9.74. The molecule has 154 valence electrons. The molecule has 0 aliphatic rings. The van der Waals surface area contributed by atoms with Crippen LogP contribution in [0.25, 0.3) is 0 Å². The maximum absolute atomic E-state index is 12.9. The lowest BCUT2D eigenvalue weighted by Crippen LogP contribution is -2.15. The van der Waals surface area contributed by atoms with Crippen molar-refractivity contribution in [1.29, 1.82) is 0 Å². The van der Waals surface area contributed by atoms with Gasteiger partial charge in [0.2, 0.25) is 0 Å². The summed E-state index contributed by atoms with van der Waals surface area (Å²) in [4.78, 5) is -0.0646. The zero-order chi connectivity index (χ0) is 21.2. The predicted molar refractivity (Wildman–Crippen MR) is 116 cm³/mol. The highest BCUT2D eigenvalue weighted by atomic mass is 79.9. The molecule has 2 aromatic carbocycles. The number of nitrogens with zero attached hydrogens (tertiary/aromatic N) is 2. The van der Waals surface area contributed by atoms with Gasteiger partial charge in [0.05, 0.1) is 35.3 Å². The molecule has 0 atom stereocenters. The number of nitrogens with one attached hydrogen (secondary N) is 1. The van der Waals surface area contributed by atoms with Crippen molar-refractivity contribution < 1.29 is 17.9 Å². The highest BCUT2D eigenvalue weighted by Crippen LogP contribution is 2.31. The quantitative estimate of drug-likeness (QED) is 0.483. The molecular weight excluding hydrogens is 505 g/mol. The van der Waals surface area contributed by atoms with E-state index >= 15 is 0 Å². The Bertz CT molecular complexity index is 1150. The van der Waals surface area contributed by atoms with Gasteiger partial charge >= 0.3 is 0 Å². The van der Waals surface area contributed by atoms with E-state index in [9.17, 15) is 8.42 Å². The molecule has 11 heteroatoms. The molecule has 0 bridgehead atoms. The molecule has 3 aromatic rings. The molecule has 7 nitrogen and oxygen atoms in total. The normalized spacial score (nSPS) is 11.3. The van der Waals surface area contributed by atoms with E-state index < -0.39 is 10.0 Å². The molecule has 0 fully saturated rings. The summed E-state index contributed by atoms with van der Waals surface area (Å²) in [7, 11) is -1.14. The molecule has 1 aromatic heterocycles. The Morgan fingerprint density at radius 1 is 1.10 bits per heavy atom. The summed E-state index contributed by atoms with van der Waals surface area (Å²) in [5.74, 6) is 0.704. The van der Waals surface area contributed by atoms with E-state index in [0.29, 0.717) is 26.8 Å². The average molecular weight is 521 g/mol. The van der Waals surface area contributed by atoms with Crippen LogP contribution < -0.4 is 14.2 Å². The third-order valence-electron chi connectivity index (χ3n) is 3.94. The molecule has 0 saturated heterocycles. The van der Waals surface area contributed by atoms with Gasteiger partial charge < -0.3 is 9.47 Å². The van der Waals surface area contributed by atoms with Crippen LogP contribution in [0.15, 0.2) is 52.0 Å². The Kier molecular flexibility index (Phi) is 6.62. The number of halogens is 3. The zero-order valence-corrected chi connectivity index (χ0v) is 19.2. The van der Waals surface area contributed by atoms with E-state index in [1.54, 1.807) is 29.1 Å². The van der Waals surface area contributed by atoms with Crippen LogP contribution in [0.2, 0.25) is 10.0 Å². The molecule has 0 saturated carbocycles. The monoisotopic (exact) mass is 519 g/mol. The first kappa shape index (κ1) is 21.8. The molecule has 0 spiro atoms. The summed E-state index contributed by atoms with van der Waals surface area (Å²) in [5.41, 5.74) is 0.860. The van der Waals surface area contributed by atoms with Crippen LogP contribution in [-0.2, 0) is 16.6 Å². The molecule has 1 heterocycles. The van der Waals surface area contributed by atoms with Crippen LogP contribution in [0.3, 0.4) is 0 Å². The second-order valence-electron chi connectivity index (χ2n) is 5.89.